The number of rotatable bonds is 3. The van der Waals surface area contributed by atoms with Crippen LogP contribution in [0.5, 0.6) is 0 Å². The number of fused-ring (bicyclic) bond motifs is 1. The third kappa shape index (κ3) is 2.54. The highest BCUT2D eigenvalue weighted by atomic mass is 16.6. The van der Waals surface area contributed by atoms with Gasteiger partial charge in [-0.2, -0.15) is 5.10 Å². The van der Waals surface area contributed by atoms with Crippen LogP contribution in [-0.4, -0.2) is 26.5 Å². The third-order valence-corrected chi connectivity index (χ3v) is 3.57. The fraction of sp³-hybridized carbons (Fsp3) is 0.308. The van der Waals surface area contributed by atoms with E-state index in [9.17, 15) is 19.7 Å². The molecule has 3 heterocycles. The maximum absolute atomic E-state index is 12.1. The van der Waals surface area contributed by atoms with Crippen molar-refractivity contribution in [2.24, 2.45) is 13.0 Å². The molecule has 10 heteroatoms. The van der Waals surface area contributed by atoms with Crippen molar-refractivity contribution in [3.05, 3.63) is 33.6 Å². The summed E-state index contributed by atoms with van der Waals surface area (Å²) in [6.07, 6.45) is 0.433. The minimum atomic E-state index is -0.726. The van der Waals surface area contributed by atoms with Crippen molar-refractivity contribution >= 4 is 29.3 Å². The van der Waals surface area contributed by atoms with Gasteiger partial charge in [-0.25, -0.2) is 0 Å². The number of nitrogens with zero attached hydrogens (tertiary/aromatic N) is 3. The molecule has 2 N–H and O–H groups in total. The maximum atomic E-state index is 12.1. The van der Waals surface area contributed by atoms with Crippen LogP contribution in [0, 0.1) is 16.0 Å². The minimum absolute atomic E-state index is 0.111. The fourth-order valence-electron chi connectivity index (χ4n) is 2.37. The Hall–Kier alpha value is -3.17. The Bertz CT molecular complexity index is 821. The van der Waals surface area contributed by atoms with Crippen LogP contribution < -0.4 is 10.6 Å². The summed E-state index contributed by atoms with van der Waals surface area (Å²) in [5, 5.41) is 20.0. The van der Waals surface area contributed by atoms with Crippen molar-refractivity contribution in [1.82, 2.24) is 9.78 Å². The summed E-state index contributed by atoms with van der Waals surface area (Å²) in [5.41, 5.74) is 0.703. The molecule has 0 unspecified atom stereocenters. The first-order valence-corrected chi connectivity index (χ1v) is 6.79. The summed E-state index contributed by atoms with van der Waals surface area (Å²) in [4.78, 5) is 33.7. The van der Waals surface area contributed by atoms with E-state index in [1.54, 1.807) is 14.0 Å². The van der Waals surface area contributed by atoms with E-state index in [0.29, 0.717) is 23.6 Å². The highest BCUT2D eigenvalue weighted by Crippen LogP contribution is 2.31. The number of nitrogens with one attached hydrogen (secondary N) is 2. The van der Waals surface area contributed by atoms with E-state index in [4.69, 9.17) is 4.42 Å². The second kappa shape index (κ2) is 5.23. The Morgan fingerprint density at radius 1 is 1.57 bits per heavy atom. The average molecular weight is 319 g/mol. The molecule has 1 aliphatic heterocycles. The minimum Gasteiger partial charge on any atom is -0.395 e. The lowest BCUT2D eigenvalue weighted by Gasteiger charge is -2.19. The molecule has 0 saturated heterocycles. The first kappa shape index (κ1) is 14.8. The number of aromatic nitrogens is 2. The largest absolute Gasteiger partial charge is 0.433 e. The van der Waals surface area contributed by atoms with Crippen molar-refractivity contribution in [3.63, 3.8) is 0 Å². The number of carbonyl (C=O) groups excluding carboxylic acids is 2. The second-order valence-corrected chi connectivity index (χ2v) is 5.24. The number of aryl methyl sites for hydroxylation is 1. The molecule has 10 nitrogen and oxygen atoms in total. The first-order chi connectivity index (χ1) is 10.9. The zero-order chi connectivity index (χ0) is 16.7. The third-order valence-electron chi connectivity index (χ3n) is 3.57. The summed E-state index contributed by atoms with van der Waals surface area (Å²) < 4.78 is 6.31. The van der Waals surface area contributed by atoms with E-state index in [-0.39, 0.29) is 17.6 Å². The molecule has 0 aromatic carbocycles. The van der Waals surface area contributed by atoms with Crippen LogP contribution >= 0.6 is 0 Å². The van der Waals surface area contributed by atoms with Gasteiger partial charge in [0.2, 0.25) is 5.91 Å². The molecule has 3 rings (SSSR count). The van der Waals surface area contributed by atoms with Gasteiger partial charge in [-0.15, -0.1) is 0 Å². The average Bonchev–Trinajstić information content (AvgIpc) is 3.07. The maximum Gasteiger partial charge on any atom is 0.433 e. The summed E-state index contributed by atoms with van der Waals surface area (Å²) in [7, 11) is 1.64. The van der Waals surface area contributed by atoms with E-state index in [1.165, 1.54) is 10.7 Å². The summed E-state index contributed by atoms with van der Waals surface area (Å²) in [6.45, 7) is 1.77. The number of hydrogen-bond donors (Lipinski definition) is 2. The lowest BCUT2D eigenvalue weighted by Crippen LogP contribution is -2.28. The van der Waals surface area contributed by atoms with E-state index < -0.39 is 16.7 Å². The Morgan fingerprint density at radius 2 is 2.30 bits per heavy atom. The van der Waals surface area contributed by atoms with Gasteiger partial charge in [0, 0.05) is 18.5 Å². The van der Waals surface area contributed by atoms with Gasteiger partial charge in [0.1, 0.15) is 10.7 Å². The van der Waals surface area contributed by atoms with Crippen molar-refractivity contribution in [2.75, 3.05) is 10.6 Å². The van der Waals surface area contributed by atoms with E-state index in [2.05, 4.69) is 15.7 Å². The van der Waals surface area contributed by atoms with Crippen molar-refractivity contribution < 1.29 is 18.9 Å². The zero-order valence-electron chi connectivity index (χ0n) is 12.3. The lowest BCUT2D eigenvalue weighted by molar-refractivity contribution is -0.402. The monoisotopic (exact) mass is 319 g/mol. The molecule has 0 bridgehead atoms. The van der Waals surface area contributed by atoms with E-state index in [1.807, 2.05) is 0 Å². The smallest absolute Gasteiger partial charge is 0.395 e. The second-order valence-electron chi connectivity index (χ2n) is 5.24. The van der Waals surface area contributed by atoms with Crippen molar-refractivity contribution in [1.29, 1.82) is 0 Å². The molecule has 120 valence electrons. The van der Waals surface area contributed by atoms with Crippen LogP contribution in [0.4, 0.5) is 17.5 Å². The molecule has 1 aliphatic rings. The Balaban J connectivity index is 1.86. The summed E-state index contributed by atoms with van der Waals surface area (Å²) in [6, 6.07) is 2.32. The molecule has 1 atom stereocenters. The number of amides is 2. The highest BCUT2D eigenvalue weighted by molar-refractivity contribution is 6.03. The number of nitro groups is 1. The molecule has 0 radical (unpaired) electrons. The van der Waals surface area contributed by atoms with Crippen LogP contribution in [0.25, 0.3) is 0 Å². The highest BCUT2D eigenvalue weighted by Gasteiger charge is 2.29. The normalized spacial score (nSPS) is 16.6. The number of carbonyl (C=O) groups is 2. The van der Waals surface area contributed by atoms with Gasteiger partial charge in [0.15, 0.2) is 11.6 Å². The summed E-state index contributed by atoms with van der Waals surface area (Å²) in [5.74, 6) is -0.897. The molecule has 0 spiro atoms. The van der Waals surface area contributed by atoms with Crippen LogP contribution in [0.15, 0.2) is 16.5 Å². The molecule has 2 aromatic heterocycles. The topological polar surface area (TPSA) is 132 Å². The van der Waals surface area contributed by atoms with Gasteiger partial charge in [0.05, 0.1) is 6.07 Å². The van der Waals surface area contributed by atoms with Gasteiger partial charge in [0.25, 0.3) is 5.91 Å². The Kier molecular flexibility index (Phi) is 3.36. The quantitative estimate of drug-likeness (QED) is 0.647. The number of furan rings is 1. The predicted octanol–water partition coefficient (Wildman–Crippen LogP) is 1.30. The Morgan fingerprint density at radius 3 is 2.96 bits per heavy atom. The lowest BCUT2D eigenvalue weighted by atomic mass is 9.98. The standard InChI is InChI=1S/C13H13N5O5/c1-6-5-7-10(16-17(2)11(7)15-12(6)19)14-13(20)8-3-4-9(23-8)18(21)22/h3-4,6H,5H2,1-2H3,(H,15,19)(H,14,16,20)/t6-/m1/s1. The molecule has 2 amide bonds. The van der Waals surface area contributed by atoms with Crippen LogP contribution in [-0.2, 0) is 18.3 Å². The SMILES string of the molecule is C[C@@H]1Cc2c(NC(=O)c3ccc([N+](=O)[O-])o3)nn(C)c2NC1=O. The van der Waals surface area contributed by atoms with Gasteiger partial charge in [-0.1, -0.05) is 6.92 Å². The van der Waals surface area contributed by atoms with Gasteiger partial charge in [-0.05, 0) is 12.5 Å². The number of anilines is 2. The molecule has 0 aliphatic carbocycles. The van der Waals surface area contributed by atoms with E-state index >= 15 is 0 Å². The van der Waals surface area contributed by atoms with Crippen LogP contribution in [0.1, 0.15) is 23.0 Å². The predicted molar refractivity (Wildman–Crippen MR) is 78.0 cm³/mol. The van der Waals surface area contributed by atoms with Gasteiger partial charge < -0.3 is 15.1 Å². The molecular formula is C13H13N5O5. The zero-order valence-corrected chi connectivity index (χ0v) is 12.3. The molecule has 23 heavy (non-hydrogen) atoms. The van der Waals surface area contributed by atoms with Crippen molar-refractivity contribution in [3.8, 4) is 0 Å². The van der Waals surface area contributed by atoms with Crippen LogP contribution in [0.3, 0.4) is 0 Å². The summed E-state index contributed by atoms with van der Waals surface area (Å²) >= 11 is 0. The number of hydrogen-bond acceptors (Lipinski definition) is 6. The van der Waals surface area contributed by atoms with Crippen LogP contribution in [0.2, 0.25) is 0 Å². The Labute approximate surface area is 129 Å². The van der Waals surface area contributed by atoms with Gasteiger partial charge in [-0.3, -0.25) is 24.4 Å². The van der Waals surface area contributed by atoms with Gasteiger partial charge >= 0.3 is 5.88 Å². The molecule has 2 aromatic rings. The van der Waals surface area contributed by atoms with E-state index in [0.717, 1.165) is 6.07 Å². The first-order valence-electron chi connectivity index (χ1n) is 6.79. The molecule has 0 saturated carbocycles. The fourth-order valence-corrected chi connectivity index (χ4v) is 2.37. The molecule has 0 fully saturated rings. The molecular weight excluding hydrogens is 306 g/mol. The van der Waals surface area contributed by atoms with Crippen molar-refractivity contribution in [2.45, 2.75) is 13.3 Å².